The Morgan fingerprint density at radius 2 is 2.00 bits per heavy atom. The lowest BCUT2D eigenvalue weighted by atomic mass is 10.1. The van der Waals surface area contributed by atoms with Crippen molar-refractivity contribution in [3.8, 4) is 0 Å². The largest absolute Gasteiger partial charge is 0.388 e. The van der Waals surface area contributed by atoms with Gasteiger partial charge in [0, 0.05) is 6.42 Å². The molecule has 18 heavy (non-hydrogen) atoms. The Morgan fingerprint density at radius 3 is 2.50 bits per heavy atom. The standard InChI is InChI=1S/C6H9NO6.C4H8O/c8-3-1-11-6-4(13-7(9)10)2-12-5(3)6;1-3-4(2)5/h3-6,8H,1-2H2;3H2,1-2H3/t3-,4+,5+,6+;/m0./s1. The van der Waals surface area contributed by atoms with Gasteiger partial charge >= 0.3 is 0 Å². The van der Waals surface area contributed by atoms with Crippen molar-refractivity contribution in [3.63, 3.8) is 0 Å². The first-order chi connectivity index (χ1) is 8.45. The lowest BCUT2D eigenvalue weighted by molar-refractivity contribution is -0.769. The maximum atomic E-state index is 10.0. The van der Waals surface area contributed by atoms with E-state index in [1.54, 1.807) is 6.92 Å². The number of Topliss-reactive ketones (excluding diaryl/α,β-unsaturated/α-hetero) is 1. The highest BCUT2D eigenvalue weighted by molar-refractivity contribution is 5.74. The number of fused-ring (bicyclic) bond motifs is 1. The van der Waals surface area contributed by atoms with Gasteiger partial charge in [0.2, 0.25) is 0 Å². The minimum absolute atomic E-state index is 0.0906. The third kappa shape index (κ3) is 3.90. The molecule has 104 valence electrons. The number of carbonyl (C=O) groups is 1. The van der Waals surface area contributed by atoms with Crippen LogP contribution in [-0.4, -0.2) is 53.6 Å². The highest BCUT2D eigenvalue weighted by Gasteiger charge is 2.48. The zero-order valence-electron chi connectivity index (χ0n) is 10.3. The summed E-state index contributed by atoms with van der Waals surface area (Å²) in [5.74, 6) is 0.255. The number of nitrogens with zero attached hydrogens (tertiary/aromatic N) is 1. The fourth-order valence-corrected chi connectivity index (χ4v) is 1.64. The second-order valence-corrected chi connectivity index (χ2v) is 4.09. The molecule has 2 aliphatic rings. The Hall–Kier alpha value is -1.25. The van der Waals surface area contributed by atoms with Crippen LogP contribution >= 0.6 is 0 Å². The molecule has 2 saturated heterocycles. The van der Waals surface area contributed by atoms with Gasteiger partial charge in [-0.15, -0.1) is 10.1 Å². The molecular formula is C10H17NO7. The number of rotatable bonds is 3. The van der Waals surface area contributed by atoms with Crippen molar-refractivity contribution < 1.29 is 29.3 Å². The van der Waals surface area contributed by atoms with Crippen molar-refractivity contribution in [1.29, 1.82) is 0 Å². The Balaban J connectivity index is 0.000000280. The van der Waals surface area contributed by atoms with Crippen molar-refractivity contribution in [2.45, 2.75) is 44.7 Å². The lowest BCUT2D eigenvalue weighted by Gasteiger charge is -2.12. The van der Waals surface area contributed by atoms with Crippen LogP contribution in [0.25, 0.3) is 0 Å². The van der Waals surface area contributed by atoms with Crippen molar-refractivity contribution in [3.05, 3.63) is 10.1 Å². The van der Waals surface area contributed by atoms with E-state index >= 15 is 0 Å². The predicted octanol–water partition coefficient (Wildman–Crippen LogP) is -0.293. The summed E-state index contributed by atoms with van der Waals surface area (Å²) < 4.78 is 10.2. The Bertz CT molecular complexity index is 309. The maximum absolute atomic E-state index is 10.0. The second kappa shape index (κ2) is 6.62. The molecule has 2 fully saturated rings. The normalized spacial score (nSPS) is 33.3. The van der Waals surface area contributed by atoms with Crippen LogP contribution in [-0.2, 0) is 19.1 Å². The molecule has 0 aliphatic carbocycles. The monoisotopic (exact) mass is 263 g/mol. The molecule has 0 amide bonds. The summed E-state index contributed by atoms with van der Waals surface area (Å²) in [6, 6.07) is 0. The molecule has 0 saturated carbocycles. The van der Waals surface area contributed by atoms with E-state index < -0.39 is 29.5 Å². The van der Waals surface area contributed by atoms with Gasteiger partial charge in [-0.1, -0.05) is 6.92 Å². The predicted molar refractivity (Wildman–Crippen MR) is 58.3 cm³/mol. The summed E-state index contributed by atoms with van der Waals surface area (Å²) in [7, 11) is 0. The summed E-state index contributed by atoms with van der Waals surface area (Å²) >= 11 is 0. The van der Waals surface area contributed by atoms with E-state index in [1.165, 1.54) is 0 Å². The van der Waals surface area contributed by atoms with Gasteiger partial charge in [0.1, 0.15) is 24.1 Å². The van der Waals surface area contributed by atoms with Crippen LogP contribution in [0.3, 0.4) is 0 Å². The van der Waals surface area contributed by atoms with Gasteiger partial charge in [-0.05, 0) is 6.92 Å². The Kier molecular flexibility index (Phi) is 5.45. The summed E-state index contributed by atoms with van der Waals surface area (Å²) in [4.78, 5) is 24.2. The van der Waals surface area contributed by atoms with Gasteiger partial charge in [0.05, 0.1) is 13.2 Å². The number of hydrogen-bond donors (Lipinski definition) is 1. The maximum Gasteiger partial charge on any atom is 0.294 e. The van der Waals surface area contributed by atoms with Crippen molar-refractivity contribution in [2.24, 2.45) is 0 Å². The van der Waals surface area contributed by atoms with Crippen LogP contribution in [0, 0.1) is 10.1 Å². The first-order valence-corrected chi connectivity index (χ1v) is 5.67. The van der Waals surface area contributed by atoms with Crippen molar-refractivity contribution >= 4 is 5.78 Å². The number of ketones is 1. The van der Waals surface area contributed by atoms with Crippen LogP contribution in [0.5, 0.6) is 0 Å². The fraction of sp³-hybridized carbons (Fsp3) is 0.900. The van der Waals surface area contributed by atoms with Gasteiger partial charge < -0.3 is 24.2 Å². The molecule has 8 heteroatoms. The molecule has 2 aliphatic heterocycles. The Labute approximate surface area is 104 Å². The molecule has 2 rings (SSSR count). The van der Waals surface area contributed by atoms with E-state index in [9.17, 15) is 20.0 Å². The van der Waals surface area contributed by atoms with E-state index in [0.717, 1.165) is 0 Å². The van der Waals surface area contributed by atoms with Crippen LogP contribution in [0.4, 0.5) is 0 Å². The highest BCUT2D eigenvalue weighted by atomic mass is 17.0. The average molecular weight is 263 g/mol. The van der Waals surface area contributed by atoms with E-state index in [2.05, 4.69) is 4.84 Å². The van der Waals surface area contributed by atoms with Gasteiger partial charge in [0.25, 0.3) is 5.09 Å². The van der Waals surface area contributed by atoms with Gasteiger partial charge in [-0.25, -0.2) is 0 Å². The van der Waals surface area contributed by atoms with E-state index in [4.69, 9.17) is 9.47 Å². The number of hydrogen-bond acceptors (Lipinski definition) is 7. The summed E-state index contributed by atoms with van der Waals surface area (Å²) in [5.41, 5.74) is 0. The van der Waals surface area contributed by atoms with Gasteiger partial charge in [0.15, 0.2) is 6.10 Å². The highest BCUT2D eigenvalue weighted by Crippen LogP contribution is 2.28. The molecule has 0 unspecified atom stereocenters. The summed E-state index contributed by atoms with van der Waals surface area (Å²) in [6.45, 7) is 3.67. The first kappa shape index (κ1) is 14.8. The molecule has 0 aromatic heterocycles. The molecule has 8 nitrogen and oxygen atoms in total. The smallest absolute Gasteiger partial charge is 0.294 e. The second-order valence-electron chi connectivity index (χ2n) is 4.09. The summed E-state index contributed by atoms with van der Waals surface area (Å²) in [6.07, 6.45) is -1.74. The zero-order chi connectivity index (χ0) is 13.7. The van der Waals surface area contributed by atoms with Crippen molar-refractivity contribution in [2.75, 3.05) is 13.2 Å². The van der Waals surface area contributed by atoms with E-state index in [-0.39, 0.29) is 19.0 Å². The molecule has 0 radical (unpaired) electrons. The van der Waals surface area contributed by atoms with E-state index in [1.807, 2.05) is 6.92 Å². The van der Waals surface area contributed by atoms with Crippen molar-refractivity contribution in [1.82, 2.24) is 0 Å². The number of ether oxygens (including phenoxy) is 2. The molecule has 0 aromatic rings. The lowest BCUT2D eigenvalue weighted by Crippen LogP contribution is -2.33. The SMILES string of the molecule is CCC(C)=O.O=[N+]([O-])O[C@@H]1CO[C@H]2[C@@H]1OC[C@@H]2O. The quantitative estimate of drug-likeness (QED) is 0.550. The number of carbonyl (C=O) groups excluding carboxylic acids is 1. The third-order valence-electron chi connectivity index (χ3n) is 2.70. The van der Waals surface area contributed by atoms with Crippen LogP contribution in [0.1, 0.15) is 20.3 Å². The van der Waals surface area contributed by atoms with Crippen LogP contribution < -0.4 is 0 Å². The van der Waals surface area contributed by atoms with Crippen LogP contribution in [0.2, 0.25) is 0 Å². The molecule has 2 heterocycles. The zero-order valence-corrected chi connectivity index (χ0v) is 10.3. The van der Waals surface area contributed by atoms with Gasteiger partial charge in [-0.2, -0.15) is 0 Å². The molecule has 1 N–H and O–H groups in total. The molecule has 0 bridgehead atoms. The van der Waals surface area contributed by atoms with E-state index in [0.29, 0.717) is 6.42 Å². The number of aliphatic hydroxyl groups excluding tert-OH is 1. The molecular weight excluding hydrogens is 246 g/mol. The van der Waals surface area contributed by atoms with Crippen LogP contribution in [0.15, 0.2) is 0 Å². The average Bonchev–Trinajstić information content (AvgIpc) is 2.84. The van der Waals surface area contributed by atoms with Gasteiger partial charge in [-0.3, -0.25) is 0 Å². The molecule has 4 atom stereocenters. The topological polar surface area (TPSA) is 108 Å². The summed E-state index contributed by atoms with van der Waals surface area (Å²) in [5, 5.41) is 18.4. The minimum atomic E-state index is -0.871. The molecule has 0 aromatic carbocycles. The molecule has 0 spiro atoms. The minimum Gasteiger partial charge on any atom is -0.388 e. The Morgan fingerprint density at radius 1 is 1.44 bits per heavy atom. The third-order valence-corrected chi connectivity index (χ3v) is 2.70. The number of aliphatic hydroxyl groups is 1. The fourth-order valence-electron chi connectivity index (χ4n) is 1.64. The first-order valence-electron chi connectivity index (χ1n) is 5.67.